The average molecular weight is 279 g/mol. The predicted molar refractivity (Wildman–Crippen MR) is 68.6 cm³/mol. The Labute approximate surface area is 113 Å². The van der Waals surface area contributed by atoms with Crippen LogP contribution in [0.1, 0.15) is 16.8 Å². The van der Waals surface area contributed by atoms with Gasteiger partial charge in [-0.1, -0.05) is 0 Å². The molecule has 0 radical (unpaired) electrons. The Balaban J connectivity index is 1.91. The van der Waals surface area contributed by atoms with Crippen molar-refractivity contribution in [1.29, 1.82) is 5.26 Å². The number of hydrogen-bond acceptors (Lipinski definition) is 4. The van der Waals surface area contributed by atoms with E-state index < -0.39 is 11.6 Å². The second-order valence-corrected chi connectivity index (χ2v) is 4.66. The first-order valence-electron chi connectivity index (χ1n) is 5.66. The number of thiazole rings is 1. The molecule has 0 atom stereocenters. The molecule has 98 valence electrons. The van der Waals surface area contributed by atoms with Gasteiger partial charge in [0.1, 0.15) is 11.6 Å². The molecule has 2 aromatic rings. The lowest BCUT2D eigenvalue weighted by atomic mass is 10.1. The van der Waals surface area contributed by atoms with Crippen LogP contribution in [0, 0.1) is 23.0 Å². The van der Waals surface area contributed by atoms with E-state index in [0.29, 0.717) is 13.0 Å². The highest BCUT2D eigenvalue weighted by molar-refractivity contribution is 7.07. The SMILES string of the molecule is N#Cc1cc(F)c(CNCCc2cscn2)c(F)c1. The van der Waals surface area contributed by atoms with Crippen LogP contribution in [-0.4, -0.2) is 11.5 Å². The van der Waals surface area contributed by atoms with E-state index in [1.807, 2.05) is 5.38 Å². The van der Waals surface area contributed by atoms with E-state index in [2.05, 4.69) is 10.3 Å². The summed E-state index contributed by atoms with van der Waals surface area (Å²) >= 11 is 1.51. The van der Waals surface area contributed by atoms with E-state index in [4.69, 9.17) is 5.26 Å². The van der Waals surface area contributed by atoms with E-state index in [0.717, 1.165) is 17.8 Å². The van der Waals surface area contributed by atoms with Gasteiger partial charge in [0.05, 0.1) is 22.8 Å². The fraction of sp³-hybridized carbons (Fsp3) is 0.231. The third-order valence-electron chi connectivity index (χ3n) is 2.61. The molecule has 1 heterocycles. The predicted octanol–water partition coefficient (Wildman–Crippen LogP) is 2.63. The number of nitriles is 1. The molecule has 0 aliphatic heterocycles. The third-order valence-corrected chi connectivity index (χ3v) is 3.25. The lowest BCUT2D eigenvalue weighted by Crippen LogP contribution is -2.18. The zero-order chi connectivity index (χ0) is 13.7. The van der Waals surface area contributed by atoms with Crippen molar-refractivity contribution in [3.8, 4) is 6.07 Å². The Morgan fingerprint density at radius 3 is 2.63 bits per heavy atom. The maximum absolute atomic E-state index is 13.6. The van der Waals surface area contributed by atoms with Crippen molar-refractivity contribution in [3.05, 3.63) is 51.5 Å². The Hall–Kier alpha value is -1.84. The van der Waals surface area contributed by atoms with Crippen LogP contribution in [0.25, 0.3) is 0 Å². The molecule has 1 N–H and O–H groups in total. The summed E-state index contributed by atoms with van der Waals surface area (Å²) in [5, 5.41) is 13.5. The monoisotopic (exact) mass is 279 g/mol. The Morgan fingerprint density at radius 1 is 1.32 bits per heavy atom. The van der Waals surface area contributed by atoms with Gasteiger partial charge in [-0.2, -0.15) is 5.26 Å². The largest absolute Gasteiger partial charge is 0.312 e. The van der Waals surface area contributed by atoms with Crippen molar-refractivity contribution in [2.24, 2.45) is 0 Å². The van der Waals surface area contributed by atoms with Crippen molar-refractivity contribution in [2.75, 3.05) is 6.54 Å². The summed E-state index contributed by atoms with van der Waals surface area (Å²) in [6.07, 6.45) is 0.711. The summed E-state index contributed by atoms with van der Waals surface area (Å²) in [4.78, 5) is 4.11. The van der Waals surface area contributed by atoms with Crippen molar-refractivity contribution in [1.82, 2.24) is 10.3 Å². The summed E-state index contributed by atoms with van der Waals surface area (Å²) in [5.74, 6) is -1.39. The number of aromatic nitrogens is 1. The number of hydrogen-bond donors (Lipinski definition) is 1. The molecule has 0 fully saturated rings. The summed E-state index contributed by atoms with van der Waals surface area (Å²) in [6.45, 7) is 0.677. The number of nitrogens with zero attached hydrogens (tertiary/aromatic N) is 2. The summed E-state index contributed by atoms with van der Waals surface area (Å²) in [5.41, 5.74) is 2.65. The average Bonchev–Trinajstić information content (AvgIpc) is 2.89. The quantitative estimate of drug-likeness (QED) is 0.856. The maximum Gasteiger partial charge on any atom is 0.131 e. The molecule has 1 aromatic carbocycles. The maximum atomic E-state index is 13.6. The molecule has 0 aliphatic carbocycles. The standard InChI is InChI=1S/C13H11F2N3S/c14-12-3-9(5-16)4-13(15)11(12)6-17-2-1-10-7-19-8-18-10/h3-4,7-8,17H,1-2,6H2. The zero-order valence-electron chi connectivity index (χ0n) is 9.99. The van der Waals surface area contributed by atoms with E-state index in [1.165, 1.54) is 11.3 Å². The molecule has 2 rings (SSSR count). The van der Waals surface area contributed by atoms with Crippen LogP contribution in [0.3, 0.4) is 0 Å². The van der Waals surface area contributed by atoms with Crippen LogP contribution in [-0.2, 0) is 13.0 Å². The second-order valence-electron chi connectivity index (χ2n) is 3.94. The molecule has 0 aliphatic rings. The summed E-state index contributed by atoms with van der Waals surface area (Å²) < 4.78 is 27.1. The highest BCUT2D eigenvalue weighted by Crippen LogP contribution is 2.14. The van der Waals surface area contributed by atoms with Gasteiger partial charge in [-0.25, -0.2) is 13.8 Å². The van der Waals surface area contributed by atoms with Crippen LogP contribution >= 0.6 is 11.3 Å². The van der Waals surface area contributed by atoms with E-state index in [1.54, 1.807) is 11.6 Å². The number of nitrogens with one attached hydrogen (secondary N) is 1. The topological polar surface area (TPSA) is 48.7 Å². The Morgan fingerprint density at radius 2 is 2.05 bits per heavy atom. The molecule has 0 saturated carbocycles. The lowest BCUT2D eigenvalue weighted by Gasteiger charge is -2.07. The molecule has 0 bridgehead atoms. The van der Waals surface area contributed by atoms with Crippen molar-refractivity contribution >= 4 is 11.3 Å². The molecular weight excluding hydrogens is 268 g/mol. The Kier molecular flexibility index (Phi) is 4.55. The normalized spacial score (nSPS) is 10.4. The minimum atomic E-state index is -0.697. The number of benzene rings is 1. The molecule has 0 spiro atoms. The molecule has 6 heteroatoms. The van der Waals surface area contributed by atoms with Crippen molar-refractivity contribution in [3.63, 3.8) is 0 Å². The molecule has 19 heavy (non-hydrogen) atoms. The van der Waals surface area contributed by atoms with Gasteiger partial charge in [-0.05, 0) is 12.1 Å². The smallest absolute Gasteiger partial charge is 0.131 e. The van der Waals surface area contributed by atoms with Gasteiger partial charge in [0, 0.05) is 30.5 Å². The van der Waals surface area contributed by atoms with Gasteiger partial charge >= 0.3 is 0 Å². The van der Waals surface area contributed by atoms with Crippen molar-refractivity contribution in [2.45, 2.75) is 13.0 Å². The molecule has 0 amide bonds. The number of rotatable bonds is 5. The lowest BCUT2D eigenvalue weighted by molar-refractivity contribution is 0.535. The molecular formula is C13H11F2N3S. The first kappa shape index (κ1) is 13.6. The first-order chi connectivity index (χ1) is 9.20. The molecule has 0 unspecified atom stereocenters. The van der Waals surface area contributed by atoms with E-state index in [-0.39, 0.29) is 17.7 Å². The fourth-order valence-corrected chi connectivity index (χ4v) is 2.22. The Bertz CT molecular complexity index is 567. The first-order valence-corrected chi connectivity index (χ1v) is 6.61. The molecule has 1 aromatic heterocycles. The number of halogens is 2. The summed E-state index contributed by atoms with van der Waals surface area (Å²) in [7, 11) is 0. The minimum absolute atomic E-state index is 0.0128. The molecule has 3 nitrogen and oxygen atoms in total. The van der Waals surface area contributed by atoms with Gasteiger partial charge in [0.15, 0.2) is 0 Å². The van der Waals surface area contributed by atoms with Gasteiger partial charge in [0.2, 0.25) is 0 Å². The summed E-state index contributed by atoms with van der Waals surface area (Å²) in [6, 6.07) is 3.80. The highest BCUT2D eigenvalue weighted by Gasteiger charge is 2.10. The highest BCUT2D eigenvalue weighted by atomic mass is 32.1. The van der Waals surface area contributed by atoms with Crippen molar-refractivity contribution < 1.29 is 8.78 Å². The minimum Gasteiger partial charge on any atom is -0.312 e. The van der Waals surface area contributed by atoms with Crippen LogP contribution in [0.4, 0.5) is 8.78 Å². The van der Waals surface area contributed by atoms with Gasteiger partial charge in [0.25, 0.3) is 0 Å². The van der Waals surface area contributed by atoms with Crippen LogP contribution in [0.15, 0.2) is 23.0 Å². The van der Waals surface area contributed by atoms with Crippen LogP contribution < -0.4 is 5.32 Å². The van der Waals surface area contributed by atoms with Crippen LogP contribution in [0.5, 0.6) is 0 Å². The molecule has 0 saturated heterocycles. The van der Waals surface area contributed by atoms with Gasteiger partial charge in [-0.15, -0.1) is 11.3 Å². The zero-order valence-corrected chi connectivity index (χ0v) is 10.8. The second kappa shape index (κ2) is 6.36. The van der Waals surface area contributed by atoms with E-state index in [9.17, 15) is 8.78 Å². The third kappa shape index (κ3) is 3.56. The van der Waals surface area contributed by atoms with Crippen LogP contribution in [0.2, 0.25) is 0 Å². The van der Waals surface area contributed by atoms with Gasteiger partial charge in [-0.3, -0.25) is 0 Å². The van der Waals surface area contributed by atoms with Gasteiger partial charge < -0.3 is 5.32 Å². The fourth-order valence-electron chi connectivity index (χ4n) is 1.63. The van der Waals surface area contributed by atoms with E-state index >= 15 is 0 Å².